The first-order valence-corrected chi connectivity index (χ1v) is 1.85. The van der Waals surface area contributed by atoms with Gasteiger partial charge in [-0.15, -0.1) is 0 Å². The predicted octanol–water partition coefficient (Wildman–Crippen LogP) is -1.25. The van der Waals surface area contributed by atoms with Crippen LogP contribution in [0.2, 0.25) is 0 Å². The third-order valence-electron chi connectivity index (χ3n) is 0.506. The van der Waals surface area contributed by atoms with E-state index in [4.69, 9.17) is 0 Å². The normalized spacial score (nSPS) is 8.40. The lowest BCUT2D eigenvalue weighted by molar-refractivity contribution is -0.882. The Morgan fingerprint density at radius 3 is 1.60 bits per heavy atom. The van der Waals surface area contributed by atoms with Crippen LogP contribution in [0.4, 0.5) is 4.79 Å². The summed E-state index contributed by atoms with van der Waals surface area (Å²) in [7, 11) is 0. The van der Waals surface area contributed by atoms with Crippen LogP contribution in [-0.2, 0) is 0 Å². The van der Waals surface area contributed by atoms with Crippen molar-refractivity contribution in [1.82, 2.24) is 5.12 Å². The molecule has 2 N–H and O–H groups in total. The second kappa shape index (κ2) is 2.57. The van der Waals surface area contributed by atoms with Crippen LogP contribution in [0.25, 0.3) is 0 Å². The van der Waals surface area contributed by atoms with Crippen molar-refractivity contribution >= 4 is 6.03 Å². The van der Waals surface area contributed by atoms with Crippen molar-refractivity contribution in [2.24, 2.45) is 5.73 Å². The molecule has 10 heavy (non-hydrogen) atoms. The van der Waals surface area contributed by atoms with E-state index in [1.807, 2.05) is 0 Å². The fourth-order valence-electron chi connectivity index (χ4n) is 0.221. The van der Waals surface area contributed by atoms with Gasteiger partial charge in [0.25, 0.3) is 5.12 Å². The van der Waals surface area contributed by atoms with Gasteiger partial charge in [-0.05, 0) is 0 Å². The summed E-state index contributed by atoms with van der Waals surface area (Å²) in [5.41, 5.74) is 4.24. The number of hydrogen-bond donors (Lipinski definition) is 1. The monoisotopic (exact) mass is 150 g/mol. The number of nitrogens with zero attached hydrogens (tertiary/aromatic N) is 3. The molecule has 0 unspecified atom stereocenters. The number of urea groups is 1. The zero-order chi connectivity index (χ0) is 8.31. The van der Waals surface area contributed by atoms with Crippen molar-refractivity contribution < 1.29 is 14.9 Å². The standard InChI is InChI=1S/CH2N4O5/c2-1(6)3(4(7)8)5(9)10/h(H2,2,6). The summed E-state index contributed by atoms with van der Waals surface area (Å²) in [6.07, 6.45) is 0. The van der Waals surface area contributed by atoms with Gasteiger partial charge in [-0.3, -0.25) is 0 Å². The molecule has 9 heteroatoms. The molecule has 0 saturated carbocycles. The van der Waals surface area contributed by atoms with E-state index in [0.717, 1.165) is 0 Å². The molecule has 0 aromatic rings. The van der Waals surface area contributed by atoms with Crippen molar-refractivity contribution in [3.8, 4) is 0 Å². The number of hydrogen-bond acceptors (Lipinski definition) is 5. The van der Waals surface area contributed by atoms with E-state index in [1.165, 1.54) is 0 Å². The van der Waals surface area contributed by atoms with E-state index in [2.05, 4.69) is 5.73 Å². The molecule has 0 atom stereocenters. The van der Waals surface area contributed by atoms with Gasteiger partial charge in [-0.25, -0.2) is 25.0 Å². The third kappa shape index (κ3) is 1.54. The van der Waals surface area contributed by atoms with Crippen LogP contribution in [0.1, 0.15) is 0 Å². The molecular weight excluding hydrogens is 148 g/mol. The number of amides is 2. The Labute approximate surface area is 53.2 Å². The molecule has 56 valence electrons. The molecule has 0 aromatic carbocycles. The van der Waals surface area contributed by atoms with Crippen molar-refractivity contribution in [2.75, 3.05) is 0 Å². The first-order chi connectivity index (χ1) is 4.46. The number of rotatable bonds is 2. The Bertz CT molecular complexity index is 153. The molecule has 0 aliphatic carbocycles. The topological polar surface area (TPSA) is 133 Å². The van der Waals surface area contributed by atoms with Crippen molar-refractivity contribution in [3.05, 3.63) is 20.2 Å². The first kappa shape index (κ1) is 8.07. The number of primary amides is 1. The highest BCUT2D eigenvalue weighted by Crippen LogP contribution is 1.86. The summed E-state index contributed by atoms with van der Waals surface area (Å²) < 4.78 is 0. The van der Waals surface area contributed by atoms with Gasteiger partial charge in [0.15, 0.2) is 0 Å². The van der Waals surface area contributed by atoms with E-state index >= 15 is 0 Å². The molecule has 0 aromatic heterocycles. The highest BCUT2D eigenvalue weighted by molar-refractivity contribution is 5.69. The van der Waals surface area contributed by atoms with Crippen LogP contribution in [0, 0.1) is 20.2 Å². The van der Waals surface area contributed by atoms with Gasteiger partial charge >= 0.3 is 6.03 Å². The van der Waals surface area contributed by atoms with Gasteiger partial charge in [0, 0.05) is 0 Å². The van der Waals surface area contributed by atoms with Gasteiger partial charge in [0.2, 0.25) is 10.1 Å². The maximum absolute atomic E-state index is 9.85. The third-order valence-corrected chi connectivity index (χ3v) is 0.506. The SMILES string of the molecule is NC(=O)N([N+](=O)[O-])[N+](=O)[O-]. The van der Waals surface area contributed by atoms with Crippen LogP contribution in [-0.4, -0.2) is 21.2 Å². The molecule has 0 bridgehead atoms. The zero-order valence-corrected chi connectivity index (χ0v) is 4.46. The Hall–Kier alpha value is -1.93. The van der Waals surface area contributed by atoms with E-state index < -0.39 is 21.2 Å². The Kier molecular flexibility index (Phi) is 2.07. The maximum Gasteiger partial charge on any atom is 0.448 e. The average molecular weight is 150 g/mol. The largest absolute Gasteiger partial charge is 0.448 e. The van der Waals surface area contributed by atoms with Crippen molar-refractivity contribution in [1.29, 1.82) is 0 Å². The van der Waals surface area contributed by atoms with E-state index in [1.54, 1.807) is 0 Å². The molecule has 0 heterocycles. The van der Waals surface area contributed by atoms with Crippen LogP contribution in [0.5, 0.6) is 0 Å². The van der Waals surface area contributed by atoms with E-state index in [0.29, 0.717) is 0 Å². The Morgan fingerprint density at radius 2 is 1.60 bits per heavy atom. The lowest BCUT2D eigenvalue weighted by Gasteiger charge is -1.95. The predicted molar refractivity (Wildman–Crippen MR) is 25.4 cm³/mol. The van der Waals surface area contributed by atoms with Gasteiger partial charge in [0.05, 0.1) is 0 Å². The van der Waals surface area contributed by atoms with Gasteiger partial charge in [0.1, 0.15) is 0 Å². The van der Waals surface area contributed by atoms with Crippen LogP contribution in [0.3, 0.4) is 0 Å². The second-order valence-corrected chi connectivity index (χ2v) is 1.10. The number of hydrazine groups is 2. The second-order valence-electron chi connectivity index (χ2n) is 1.10. The molecule has 0 fully saturated rings. The minimum atomic E-state index is -1.74. The number of carbonyl (C=O) groups is 1. The molecule has 9 nitrogen and oxygen atoms in total. The minimum absolute atomic E-state index is 0.917. The highest BCUT2D eigenvalue weighted by atomic mass is 16.8. The number of nitro groups is 2. The molecule has 0 radical (unpaired) electrons. The first-order valence-electron chi connectivity index (χ1n) is 1.85. The number of carbonyl (C=O) groups excluding carboxylic acids is 1. The zero-order valence-electron chi connectivity index (χ0n) is 4.46. The molecule has 0 aliphatic heterocycles. The molecule has 0 aliphatic rings. The van der Waals surface area contributed by atoms with Crippen molar-refractivity contribution in [2.45, 2.75) is 0 Å². The molecule has 0 rings (SSSR count). The molecule has 2 amide bonds. The van der Waals surface area contributed by atoms with E-state index in [9.17, 15) is 25.0 Å². The Balaban J connectivity index is 4.43. The summed E-state index contributed by atoms with van der Waals surface area (Å²) in [6.45, 7) is 0. The summed E-state index contributed by atoms with van der Waals surface area (Å²) in [6, 6.07) is -1.74. The molecule has 0 saturated heterocycles. The highest BCUT2D eigenvalue weighted by Gasteiger charge is 2.34. The fourth-order valence-corrected chi connectivity index (χ4v) is 0.221. The summed E-state index contributed by atoms with van der Waals surface area (Å²) >= 11 is 0. The average Bonchev–Trinajstić information content (AvgIpc) is 1.59. The fraction of sp³-hybridized carbons (Fsp3) is 0. The lowest BCUT2D eigenvalue weighted by Crippen LogP contribution is -2.44. The smallest absolute Gasteiger partial charge is 0.341 e. The van der Waals surface area contributed by atoms with Crippen LogP contribution in [0.15, 0.2) is 0 Å². The quantitative estimate of drug-likeness (QED) is 0.387. The number of nitrogens with two attached hydrogens (primary N) is 1. The maximum atomic E-state index is 9.85. The molecular formula is CH2N4O5. The lowest BCUT2D eigenvalue weighted by atomic mass is 11.1. The summed E-state index contributed by atoms with van der Waals surface area (Å²) in [5, 5.41) is 15.2. The van der Waals surface area contributed by atoms with E-state index in [-0.39, 0.29) is 0 Å². The van der Waals surface area contributed by atoms with Gasteiger partial charge in [-0.2, -0.15) is 0 Å². The minimum Gasteiger partial charge on any atom is -0.341 e. The molecule has 0 spiro atoms. The van der Waals surface area contributed by atoms with Crippen molar-refractivity contribution in [3.63, 3.8) is 0 Å². The van der Waals surface area contributed by atoms with Gasteiger partial charge < -0.3 is 5.73 Å². The van der Waals surface area contributed by atoms with Crippen LogP contribution >= 0.6 is 0 Å². The Morgan fingerprint density at radius 1 is 1.30 bits per heavy atom. The van der Waals surface area contributed by atoms with Gasteiger partial charge in [-0.1, -0.05) is 0 Å². The van der Waals surface area contributed by atoms with Crippen LogP contribution < -0.4 is 5.73 Å². The summed E-state index contributed by atoms with van der Waals surface area (Å²) in [4.78, 5) is 29.0. The summed E-state index contributed by atoms with van der Waals surface area (Å²) in [5.74, 6) is 0.